The SMILES string of the molecule is C/C=C1/CCC(N2Cc3cc(C)ccc3C2=O)C(=O)N1.[HH]. The van der Waals surface area contributed by atoms with E-state index in [1.54, 1.807) is 4.90 Å². The van der Waals surface area contributed by atoms with Crippen molar-refractivity contribution in [1.29, 1.82) is 0 Å². The van der Waals surface area contributed by atoms with Crippen molar-refractivity contribution in [3.8, 4) is 0 Å². The molecular weight excluding hydrogens is 252 g/mol. The number of hydrogen-bond acceptors (Lipinski definition) is 2. The number of aryl methyl sites for hydroxylation is 1. The van der Waals surface area contributed by atoms with Crippen LogP contribution < -0.4 is 5.32 Å². The van der Waals surface area contributed by atoms with Crippen LogP contribution in [0.5, 0.6) is 0 Å². The van der Waals surface area contributed by atoms with Crippen LogP contribution in [0.1, 0.15) is 42.7 Å². The van der Waals surface area contributed by atoms with Gasteiger partial charge >= 0.3 is 0 Å². The Kier molecular flexibility index (Phi) is 3.08. The van der Waals surface area contributed by atoms with Gasteiger partial charge in [-0.25, -0.2) is 0 Å². The average Bonchev–Trinajstić information content (AvgIpc) is 2.75. The number of piperidine rings is 1. The second-order valence-corrected chi connectivity index (χ2v) is 5.45. The van der Waals surface area contributed by atoms with Gasteiger partial charge in [0.25, 0.3) is 5.91 Å². The molecular formula is C16H20N2O2. The van der Waals surface area contributed by atoms with Crippen molar-refractivity contribution in [2.45, 2.75) is 39.3 Å². The molecule has 2 heterocycles. The van der Waals surface area contributed by atoms with E-state index in [1.807, 2.05) is 38.1 Å². The summed E-state index contributed by atoms with van der Waals surface area (Å²) in [6.45, 7) is 4.47. The fraction of sp³-hybridized carbons (Fsp3) is 0.375. The van der Waals surface area contributed by atoms with Gasteiger partial charge in [0.1, 0.15) is 6.04 Å². The summed E-state index contributed by atoms with van der Waals surface area (Å²) in [5, 5.41) is 2.88. The van der Waals surface area contributed by atoms with Crippen molar-refractivity contribution < 1.29 is 11.0 Å². The first-order valence-corrected chi connectivity index (χ1v) is 6.96. The van der Waals surface area contributed by atoms with Crippen molar-refractivity contribution in [3.63, 3.8) is 0 Å². The van der Waals surface area contributed by atoms with E-state index in [0.717, 1.165) is 28.8 Å². The number of rotatable bonds is 1. The lowest BCUT2D eigenvalue weighted by molar-refractivity contribution is -0.126. The van der Waals surface area contributed by atoms with Crippen LogP contribution in [0, 0.1) is 6.92 Å². The van der Waals surface area contributed by atoms with Gasteiger partial charge in [0, 0.05) is 19.2 Å². The molecule has 1 fully saturated rings. The molecule has 3 rings (SSSR count). The maximum absolute atomic E-state index is 12.4. The third-order valence-corrected chi connectivity index (χ3v) is 4.09. The number of fused-ring (bicyclic) bond motifs is 1. The third-order valence-electron chi connectivity index (χ3n) is 4.09. The topological polar surface area (TPSA) is 49.4 Å². The van der Waals surface area contributed by atoms with Gasteiger partial charge in [-0.05, 0) is 38.3 Å². The van der Waals surface area contributed by atoms with E-state index >= 15 is 0 Å². The Balaban J connectivity index is 0.00000161. The summed E-state index contributed by atoms with van der Waals surface area (Å²) in [6.07, 6.45) is 3.42. The van der Waals surface area contributed by atoms with E-state index < -0.39 is 0 Å². The zero-order valence-corrected chi connectivity index (χ0v) is 11.8. The second kappa shape index (κ2) is 4.78. The molecule has 0 aromatic heterocycles. The highest BCUT2D eigenvalue weighted by molar-refractivity contribution is 6.01. The average molecular weight is 272 g/mol. The van der Waals surface area contributed by atoms with E-state index in [9.17, 15) is 9.59 Å². The van der Waals surface area contributed by atoms with Gasteiger partial charge in [-0.15, -0.1) is 0 Å². The summed E-state index contributed by atoms with van der Waals surface area (Å²) in [4.78, 5) is 26.3. The van der Waals surface area contributed by atoms with E-state index in [2.05, 4.69) is 5.32 Å². The zero-order chi connectivity index (χ0) is 14.3. The molecule has 0 saturated carbocycles. The predicted octanol–water partition coefficient (Wildman–Crippen LogP) is 2.38. The smallest absolute Gasteiger partial charge is 0.255 e. The number of hydrogen-bond donors (Lipinski definition) is 1. The molecule has 2 amide bonds. The number of nitrogens with zero attached hydrogens (tertiary/aromatic N) is 1. The van der Waals surface area contributed by atoms with Gasteiger partial charge in [-0.3, -0.25) is 9.59 Å². The Bertz CT molecular complexity index is 625. The van der Waals surface area contributed by atoms with E-state index in [1.165, 1.54) is 0 Å². The minimum absolute atomic E-state index is 0. The van der Waals surface area contributed by atoms with Crippen LogP contribution >= 0.6 is 0 Å². The van der Waals surface area contributed by atoms with Crippen molar-refractivity contribution in [1.82, 2.24) is 10.2 Å². The fourth-order valence-electron chi connectivity index (χ4n) is 2.96. The Morgan fingerprint density at radius 1 is 1.40 bits per heavy atom. The molecule has 0 bridgehead atoms. The largest absolute Gasteiger partial charge is 0.328 e. The normalized spacial score (nSPS) is 24.0. The third kappa shape index (κ3) is 2.01. The molecule has 20 heavy (non-hydrogen) atoms. The highest BCUT2D eigenvalue weighted by Gasteiger charge is 2.37. The molecule has 1 aromatic carbocycles. The van der Waals surface area contributed by atoms with Gasteiger partial charge in [-0.2, -0.15) is 0 Å². The second-order valence-electron chi connectivity index (χ2n) is 5.45. The van der Waals surface area contributed by atoms with Crippen LogP contribution in [0.3, 0.4) is 0 Å². The predicted molar refractivity (Wildman–Crippen MR) is 78.1 cm³/mol. The molecule has 1 unspecified atom stereocenters. The monoisotopic (exact) mass is 272 g/mol. The summed E-state index contributed by atoms with van der Waals surface area (Å²) in [5.74, 6) is -0.0914. The van der Waals surface area contributed by atoms with Gasteiger partial charge in [0.2, 0.25) is 5.91 Å². The first-order valence-electron chi connectivity index (χ1n) is 6.96. The standard InChI is InChI=1S/C16H18N2O2.H2/c1-3-12-5-7-14(15(19)17-12)18-9-11-8-10(2)4-6-13(11)16(18)20;/h3-4,6,8,14H,5,7,9H2,1-2H3,(H,17,19);1H/b12-3-;. The summed E-state index contributed by atoms with van der Waals surface area (Å²) < 4.78 is 0. The number of carbonyl (C=O) groups excluding carboxylic acids is 2. The fourth-order valence-corrected chi connectivity index (χ4v) is 2.96. The molecule has 4 heteroatoms. The molecule has 1 aromatic rings. The molecule has 1 atom stereocenters. The molecule has 2 aliphatic heterocycles. The number of allylic oxidation sites excluding steroid dienone is 2. The molecule has 106 valence electrons. The van der Waals surface area contributed by atoms with Crippen LogP contribution in [-0.4, -0.2) is 22.8 Å². The lowest BCUT2D eigenvalue weighted by Gasteiger charge is -2.31. The van der Waals surface area contributed by atoms with Crippen LogP contribution in [0.2, 0.25) is 0 Å². The van der Waals surface area contributed by atoms with Crippen LogP contribution in [0.25, 0.3) is 0 Å². The summed E-state index contributed by atoms with van der Waals surface area (Å²) >= 11 is 0. The number of amides is 2. The number of carbonyl (C=O) groups is 2. The lowest BCUT2D eigenvalue weighted by Crippen LogP contribution is -2.49. The Hall–Kier alpha value is -2.10. The Morgan fingerprint density at radius 2 is 2.20 bits per heavy atom. The lowest BCUT2D eigenvalue weighted by atomic mass is 10.0. The van der Waals surface area contributed by atoms with Crippen molar-refractivity contribution in [3.05, 3.63) is 46.7 Å². The molecule has 0 radical (unpaired) electrons. The first kappa shape index (κ1) is 12.9. The van der Waals surface area contributed by atoms with Crippen LogP contribution in [-0.2, 0) is 11.3 Å². The van der Waals surface area contributed by atoms with E-state index in [-0.39, 0.29) is 19.3 Å². The van der Waals surface area contributed by atoms with Crippen molar-refractivity contribution in [2.24, 2.45) is 0 Å². The van der Waals surface area contributed by atoms with Gasteiger partial charge in [-0.1, -0.05) is 23.8 Å². The molecule has 0 spiro atoms. The van der Waals surface area contributed by atoms with Gasteiger partial charge in [0.05, 0.1) is 0 Å². The molecule has 2 aliphatic rings. The summed E-state index contributed by atoms with van der Waals surface area (Å²) in [7, 11) is 0. The van der Waals surface area contributed by atoms with Gasteiger partial charge in [0.15, 0.2) is 0 Å². The number of nitrogens with one attached hydrogen (secondary N) is 1. The van der Waals surface area contributed by atoms with Crippen LogP contribution in [0.4, 0.5) is 0 Å². The van der Waals surface area contributed by atoms with Crippen molar-refractivity contribution in [2.75, 3.05) is 0 Å². The maximum Gasteiger partial charge on any atom is 0.255 e. The molecule has 1 N–H and O–H groups in total. The Morgan fingerprint density at radius 3 is 2.90 bits per heavy atom. The first-order chi connectivity index (χ1) is 9.60. The van der Waals surface area contributed by atoms with Crippen molar-refractivity contribution >= 4 is 11.8 Å². The minimum atomic E-state index is -0.348. The van der Waals surface area contributed by atoms with E-state index in [0.29, 0.717) is 13.0 Å². The summed E-state index contributed by atoms with van der Waals surface area (Å²) in [6, 6.07) is 5.49. The highest BCUT2D eigenvalue weighted by Crippen LogP contribution is 2.28. The highest BCUT2D eigenvalue weighted by atomic mass is 16.2. The quantitative estimate of drug-likeness (QED) is 0.853. The van der Waals surface area contributed by atoms with Gasteiger partial charge < -0.3 is 10.2 Å². The minimum Gasteiger partial charge on any atom is -0.328 e. The number of benzene rings is 1. The maximum atomic E-state index is 12.4. The Labute approximate surface area is 119 Å². The molecule has 4 nitrogen and oxygen atoms in total. The zero-order valence-electron chi connectivity index (χ0n) is 11.8. The summed E-state index contributed by atoms with van der Waals surface area (Å²) in [5.41, 5.74) is 3.86. The van der Waals surface area contributed by atoms with E-state index in [4.69, 9.17) is 0 Å². The molecule has 0 aliphatic carbocycles. The van der Waals surface area contributed by atoms with Crippen LogP contribution in [0.15, 0.2) is 30.0 Å². The molecule has 1 saturated heterocycles.